The van der Waals surface area contributed by atoms with Crippen molar-refractivity contribution < 1.29 is 9.53 Å². The summed E-state index contributed by atoms with van der Waals surface area (Å²) in [7, 11) is 0. The number of Topliss-reactive ketones (excluding diaryl/α,β-unsaturated/α-hetero) is 1. The van der Waals surface area contributed by atoms with Crippen molar-refractivity contribution in [2.45, 2.75) is 13.5 Å². The molecule has 0 radical (unpaired) electrons. The number of para-hydroxylation sites is 1. The minimum absolute atomic E-state index is 0.0137. The van der Waals surface area contributed by atoms with E-state index in [-0.39, 0.29) is 5.78 Å². The van der Waals surface area contributed by atoms with Gasteiger partial charge < -0.3 is 4.74 Å². The average molecular weight is 305 g/mol. The van der Waals surface area contributed by atoms with E-state index in [0.29, 0.717) is 17.9 Å². The largest absolute Gasteiger partial charge is 0.488 e. The van der Waals surface area contributed by atoms with Gasteiger partial charge in [0.05, 0.1) is 5.56 Å². The highest BCUT2D eigenvalue weighted by Gasteiger charge is 2.07. The normalized spacial score (nSPS) is 10.1. The zero-order valence-electron chi connectivity index (χ0n) is 10.0. The van der Waals surface area contributed by atoms with Crippen LogP contribution in [-0.2, 0) is 6.61 Å². The predicted molar refractivity (Wildman–Crippen MR) is 74.9 cm³/mol. The molecule has 0 N–H and O–H groups in total. The first-order valence-electron chi connectivity index (χ1n) is 5.64. The molecular weight excluding hydrogens is 292 g/mol. The van der Waals surface area contributed by atoms with E-state index in [4.69, 9.17) is 4.74 Å². The number of carbonyl (C=O) groups excluding carboxylic acids is 1. The summed E-state index contributed by atoms with van der Waals surface area (Å²) in [6, 6.07) is 15.2. The molecule has 0 fully saturated rings. The predicted octanol–water partition coefficient (Wildman–Crippen LogP) is 4.23. The molecule has 2 rings (SSSR count). The quantitative estimate of drug-likeness (QED) is 0.790. The van der Waals surface area contributed by atoms with Gasteiger partial charge in [-0.1, -0.05) is 40.2 Å². The highest BCUT2D eigenvalue weighted by Crippen LogP contribution is 2.20. The minimum Gasteiger partial charge on any atom is -0.488 e. The number of ketones is 1. The molecule has 0 spiro atoms. The average Bonchev–Trinajstić information content (AvgIpc) is 2.37. The van der Waals surface area contributed by atoms with E-state index in [1.54, 1.807) is 13.0 Å². The highest BCUT2D eigenvalue weighted by molar-refractivity contribution is 9.10. The third-order valence-corrected chi connectivity index (χ3v) is 3.04. The molecule has 0 saturated carbocycles. The van der Waals surface area contributed by atoms with Crippen LogP contribution in [0.5, 0.6) is 5.75 Å². The maximum Gasteiger partial charge on any atom is 0.163 e. The summed E-state index contributed by atoms with van der Waals surface area (Å²) in [5.41, 5.74) is 1.68. The van der Waals surface area contributed by atoms with Gasteiger partial charge in [0.1, 0.15) is 12.4 Å². The second-order valence-corrected chi connectivity index (χ2v) is 4.89. The molecule has 2 nitrogen and oxygen atoms in total. The van der Waals surface area contributed by atoms with E-state index in [9.17, 15) is 4.79 Å². The van der Waals surface area contributed by atoms with Gasteiger partial charge in [0.2, 0.25) is 0 Å². The highest BCUT2D eigenvalue weighted by atomic mass is 79.9. The van der Waals surface area contributed by atoms with Crippen molar-refractivity contribution in [1.29, 1.82) is 0 Å². The number of benzene rings is 2. The molecule has 0 heterocycles. The summed E-state index contributed by atoms with van der Waals surface area (Å²) in [6.45, 7) is 1.99. The first kappa shape index (κ1) is 12.8. The maximum absolute atomic E-state index is 11.4. The minimum atomic E-state index is 0.0137. The Morgan fingerprint density at radius 3 is 2.67 bits per heavy atom. The summed E-state index contributed by atoms with van der Waals surface area (Å²) in [5.74, 6) is 0.643. The Balaban J connectivity index is 2.13. The molecule has 0 aliphatic carbocycles. The number of rotatable bonds is 4. The van der Waals surface area contributed by atoms with Gasteiger partial charge in [-0.2, -0.15) is 0 Å². The van der Waals surface area contributed by atoms with Crippen molar-refractivity contribution in [3.63, 3.8) is 0 Å². The van der Waals surface area contributed by atoms with Crippen LogP contribution in [-0.4, -0.2) is 5.78 Å². The van der Waals surface area contributed by atoms with Gasteiger partial charge in [-0.25, -0.2) is 0 Å². The van der Waals surface area contributed by atoms with Crippen LogP contribution in [0.4, 0.5) is 0 Å². The molecule has 2 aromatic rings. The maximum atomic E-state index is 11.4. The van der Waals surface area contributed by atoms with Crippen molar-refractivity contribution in [1.82, 2.24) is 0 Å². The molecule has 0 bridgehead atoms. The molecule has 0 aliphatic heterocycles. The van der Waals surface area contributed by atoms with Crippen molar-refractivity contribution in [3.8, 4) is 5.75 Å². The van der Waals surface area contributed by atoms with Crippen molar-refractivity contribution in [2.24, 2.45) is 0 Å². The molecular formula is C15H13BrO2. The summed E-state index contributed by atoms with van der Waals surface area (Å²) in [4.78, 5) is 11.4. The molecule has 0 unspecified atom stereocenters. The monoisotopic (exact) mass is 304 g/mol. The summed E-state index contributed by atoms with van der Waals surface area (Å²) >= 11 is 3.42. The van der Waals surface area contributed by atoms with Gasteiger partial charge >= 0.3 is 0 Å². The second kappa shape index (κ2) is 5.83. The smallest absolute Gasteiger partial charge is 0.163 e. The van der Waals surface area contributed by atoms with Gasteiger partial charge in [0.25, 0.3) is 0 Å². The van der Waals surface area contributed by atoms with Crippen LogP contribution in [0.1, 0.15) is 22.8 Å². The fourth-order valence-electron chi connectivity index (χ4n) is 1.67. The molecule has 0 aliphatic rings. The van der Waals surface area contributed by atoms with Gasteiger partial charge in [0, 0.05) is 4.47 Å². The number of hydrogen-bond donors (Lipinski definition) is 0. The lowest BCUT2D eigenvalue weighted by molar-refractivity contribution is 0.101. The Morgan fingerprint density at radius 1 is 1.17 bits per heavy atom. The summed E-state index contributed by atoms with van der Waals surface area (Å²) < 4.78 is 6.71. The SMILES string of the molecule is CC(=O)c1ccccc1OCc1cccc(Br)c1. The van der Waals surface area contributed by atoms with Crippen LogP contribution < -0.4 is 4.74 Å². The lowest BCUT2D eigenvalue weighted by Gasteiger charge is -2.09. The molecule has 18 heavy (non-hydrogen) atoms. The Kier molecular flexibility index (Phi) is 4.15. The van der Waals surface area contributed by atoms with Crippen molar-refractivity contribution in [3.05, 3.63) is 64.1 Å². The number of halogens is 1. The fraction of sp³-hybridized carbons (Fsp3) is 0.133. The van der Waals surface area contributed by atoms with Gasteiger partial charge in [0.15, 0.2) is 5.78 Å². The topological polar surface area (TPSA) is 26.3 Å². The van der Waals surface area contributed by atoms with Crippen LogP contribution >= 0.6 is 15.9 Å². The van der Waals surface area contributed by atoms with Gasteiger partial charge in [-0.15, -0.1) is 0 Å². The molecule has 0 atom stereocenters. The van der Waals surface area contributed by atoms with E-state index in [1.807, 2.05) is 42.5 Å². The Hall–Kier alpha value is -1.61. The Bertz CT molecular complexity index is 564. The molecule has 0 saturated heterocycles. The third kappa shape index (κ3) is 3.20. The van der Waals surface area contributed by atoms with E-state index >= 15 is 0 Å². The number of ether oxygens (including phenoxy) is 1. The first-order chi connectivity index (χ1) is 8.66. The van der Waals surface area contributed by atoms with E-state index in [0.717, 1.165) is 10.0 Å². The van der Waals surface area contributed by atoms with Crippen LogP contribution in [0, 0.1) is 0 Å². The zero-order valence-corrected chi connectivity index (χ0v) is 11.6. The van der Waals surface area contributed by atoms with E-state index in [2.05, 4.69) is 15.9 Å². The van der Waals surface area contributed by atoms with E-state index in [1.165, 1.54) is 0 Å². The van der Waals surface area contributed by atoms with Gasteiger partial charge in [-0.3, -0.25) is 4.79 Å². The Labute approximate surface area is 115 Å². The van der Waals surface area contributed by atoms with Crippen LogP contribution in [0.15, 0.2) is 53.0 Å². The lowest BCUT2D eigenvalue weighted by atomic mass is 10.1. The lowest BCUT2D eigenvalue weighted by Crippen LogP contribution is -2.01. The third-order valence-electron chi connectivity index (χ3n) is 2.55. The standard InChI is InChI=1S/C15H13BrO2/c1-11(17)14-7-2-3-8-15(14)18-10-12-5-4-6-13(16)9-12/h2-9H,10H2,1H3. The number of carbonyl (C=O) groups is 1. The number of hydrogen-bond acceptors (Lipinski definition) is 2. The van der Waals surface area contributed by atoms with Crippen LogP contribution in [0.2, 0.25) is 0 Å². The van der Waals surface area contributed by atoms with Gasteiger partial charge in [-0.05, 0) is 36.8 Å². The second-order valence-electron chi connectivity index (χ2n) is 3.97. The molecule has 0 amide bonds. The molecule has 0 aromatic heterocycles. The zero-order chi connectivity index (χ0) is 13.0. The summed E-state index contributed by atoms with van der Waals surface area (Å²) in [6.07, 6.45) is 0. The molecule has 92 valence electrons. The first-order valence-corrected chi connectivity index (χ1v) is 6.43. The van der Waals surface area contributed by atoms with Crippen LogP contribution in [0.3, 0.4) is 0 Å². The fourth-order valence-corrected chi connectivity index (χ4v) is 2.12. The van der Waals surface area contributed by atoms with Crippen LogP contribution in [0.25, 0.3) is 0 Å². The Morgan fingerprint density at radius 2 is 1.94 bits per heavy atom. The molecule has 2 aromatic carbocycles. The van der Waals surface area contributed by atoms with E-state index < -0.39 is 0 Å². The van der Waals surface area contributed by atoms with Crippen molar-refractivity contribution in [2.75, 3.05) is 0 Å². The van der Waals surface area contributed by atoms with Crippen molar-refractivity contribution >= 4 is 21.7 Å². The summed E-state index contributed by atoms with van der Waals surface area (Å²) in [5, 5.41) is 0. The molecule has 3 heteroatoms.